The summed E-state index contributed by atoms with van der Waals surface area (Å²) >= 11 is 0. The van der Waals surface area contributed by atoms with E-state index in [4.69, 9.17) is 5.73 Å². The molecule has 3 rings (SSSR count). The smallest absolute Gasteiger partial charge is 0.324 e. The molecule has 3 aromatic rings. The van der Waals surface area contributed by atoms with Crippen molar-refractivity contribution in [2.24, 2.45) is 5.73 Å². The van der Waals surface area contributed by atoms with E-state index in [9.17, 15) is 13.2 Å². The van der Waals surface area contributed by atoms with Crippen LogP contribution in [0.15, 0.2) is 54.6 Å². The van der Waals surface area contributed by atoms with Gasteiger partial charge in [-0.15, -0.1) is 12.4 Å². The van der Waals surface area contributed by atoms with Crippen molar-refractivity contribution in [3.63, 3.8) is 0 Å². The van der Waals surface area contributed by atoms with Crippen LogP contribution < -0.4 is 5.73 Å². The Labute approximate surface area is 132 Å². The minimum Gasteiger partial charge on any atom is -0.324 e. The van der Waals surface area contributed by atoms with Crippen molar-refractivity contribution in [2.45, 2.75) is 18.6 Å². The average Bonchev–Trinajstić information content (AvgIpc) is 2.44. The van der Waals surface area contributed by atoms with Gasteiger partial charge in [-0.3, -0.25) is 0 Å². The van der Waals surface area contributed by atoms with E-state index in [-0.39, 0.29) is 12.4 Å². The zero-order valence-corrected chi connectivity index (χ0v) is 12.4. The van der Waals surface area contributed by atoms with Crippen molar-refractivity contribution >= 4 is 34.0 Å². The molecule has 0 spiro atoms. The summed E-state index contributed by atoms with van der Waals surface area (Å²) < 4.78 is 37.9. The molecule has 0 aromatic heterocycles. The first-order valence-corrected chi connectivity index (χ1v) is 6.68. The van der Waals surface area contributed by atoms with Crippen LogP contribution in [0.4, 0.5) is 13.2 Å². The number of benzene rings is 3. The fourth-order valence-corrected chi connectivity index (χ4v) is 2.75. The first-order valence-electron chi connectivity index (χ1n) is 6.68. The molecule has 22 heavy (non-hydrogen) atoms. The molecule has 0 saturated heterocycles. The first kappa shape index (κ1) is 16.6. The molecule has 0 unspecified atom stereocenters. The lowest BCUT2D eigenvalue weighted by atomic mass is 9.92. The van der Waals surface area contributed by atoms with Gasteiger partial charge >= 0.3 is 6.18 Å². The Bertz CT molecular complexity index is 799. The molecule has 0 heterocycles. The summed E-state index contributed by atoms with van der Waals surface area (Å²) in [7, 11) is 0. The maximum Gasteiger partial charge on any atom is 0.390 e. The molecule has 5 heteroatoms. The average molecular weight is 326 g/mol. The van der Waals surface area contributed by atoms with Crippen LogP contribution in [0.5, 0.6) is 0 Å². The first-order chi connectivity index (χ1) is 9.96. The maximum absolute atomic E-state index is 12.6. The highest BCUT2D eigenvalue weighted by atomic mass is 35.5. The Morgan fingerprint density at radius 1 is 0.864 bits per heavy atom. The fourth-order valence-electron chi connectivity index (χ4n) is 2.75. The van der Waals surface area contributed by atoms with Gasteiger partial charge in [-0.2, -0.15) is 13.2 Å². The highest BCUT2D eigenvalue weighted by Crippen LogP contribution is 2.35. The van der Waals surface area contributed by atoms with Gasteiger partial charge in [0.2, 0.25) is 0 Å². The summed E-state index contributed by atoms with van der Waals surface area (Å²) in [4.78, 5) is 0. The van der Waals surface area contributed by atoms with E-state index < -0.39 is 18.6 Å². The molecule has 0 aliphatic rings. The Morgan fingerprint density at radius 2 is 1.41 bits per heavy atom. The zero-order chi connectivity index (χ0) is 15.0. The van der Waals surface area contributed by atoms with E-state index in [1.165, 1.54) is 0 Å². The van der Waals surface area contributed by atoms with Crippen molar-refractivity contribution in [3.8, 4) is 0 Å². The van der Waals surface area contributed by atoms with Crippen LogP contribution in [0.25, 0.3) is 21.5 Å². The van der Waals surface area contributed by atoms with Crippen LogP contribution in [-0.2, 0) is 0 Å². The third-order valence-electron chi connectivity index (χ3n) is 3.65. The second-order valence-corrected chi connectivity index (χ2v) is 5.16. The molecular formula is C17H15ClF3N. The molecule has 0 aliphatic heterocycles. The van der Waals surface area contributed by atoms with Gasteiger partial charge in [-0.1, -0.05) is 48.5 Å². The Morgan fingerprint density at radius 3 is 2.05 bits per heavy atom. The minimum atomic E-state index is -4.27. The standard InChI is InChI=1S/C17H14F3N.ClH/c18-17(19,20)10-16(21)15-9-11-5-1-2-6-12(11)13-7-3-4-8-14(13)15;/h1-9,16H,10,21H2;1H/t16-;/m1./s1. The number of hydrogen-bond acceptors (Lipinski definition) is 1. The van der Waals surface area contributed by atoms with Gasteiger partial charge in [-0.05, 0) is 33.2 Å². The SMILES string of the molecule is Cl.N[C@H](CC(F)(F)F)c1cc2ccccc2c2ccccc12. The highest BCUT2D eigenvalue weighted by molar-refractivity contribution is 6.09. The maximum atomic E-state index is 12.6. The molecule has 0 aliphatic carbocycles. The molecule has 1 atom stereocenters. The molecule has 1 nitrogen and oxygen atoms in total. The van der Waals surface area contributed by atoms with Crippen LogP contribution in [0, 0.1) is 0 Å². The van der Waals surface area contributed by atoms with E-state index in [2.05, 4.69) is 0 Å². The van der Waals surface area contributed by atoms with Crippen LogP contribution in [-0.4, -0.2) is 6.18 Å². The predicted octanol–water partition coefficient (Wildman–Crippen LogP) is 5.37. The molecule has 0 fully saturated rings. The summed E-state index contributed by atoms with van der Waals surface area (Å²) in [6.07, 6.45) is -5.29. The van der Waals surface area contributed by atoms with Gasteiger partial charge in [0.15, 0.2) is 0 Å². The molecule has 116 valence electrons. The van der Waals surface area contributed by atoms with Crippen molar-refractivity contribution in [1.82, 2.24) is 0 Å². The lowest BCUT2D eigenvalue weighted by molar-refractivity contribution is -0.138. The van der Waals surface area contributed by atoms with Gasteiger partial charge in [0.25, 0.3) is 0 Å². The van der Waals surface area contributed by atoms with E-state index in [1.54, 1.807) is 6.07 Å². The van der Waals surface area contributed by atoms with E-state index in [1.807, 2.05) is 48.5 Å². The van der Waals surface area contributed by atoms with Gasteiger partial charge in [0.1, 0.15) is 0 Å². The lowest BCUT2D eigenvalue weighted by Crippen LogP contribution is -2.20. The molecular weight excluding hydrogens is 311 g/mol. The van der Waals surface area contributed by atoms with Crippen molar-refractivity contribution < 1.29 is 13.2 Å². The molecule has 3 aromatic carbocycles. The zero-order valence-electron chi connectivity index (χ0n) is 11.6. The van der Waals surface area contributed by atoms with Crippen LogP contribution in [0.3, 0.4) is 0 Å². The molecule has 2 N–H and O–H groups in total. The fraction of sp³-hybridized carbons (Fsp3) is 0.176. The van der Waals surface area contributed by atoms with E-state index in [0.717, 1.165) is 21.5 Å². The summed E-state index contributed by atoms with van der Waals surface area (Å²) in [5, 5.41) is 3.65. The van der Waals surface area contributed by atoms with Gasteiger partial charge in [0.05, 0.1) is 6.42 Å². The monoisotopic (exact) mass is 325 g/mol. The van der Waals surface area contributed by atoms with Gasteiger partial charge in [-0.25, -0.2) is 0 Å². The lowest BCUT2D eigenvalue weighted by Gasteiger charge is -2.18. The summed E-state index contributed by atoms with van der Waals surface area (Å²) in [5.74, 6) is 0. The summed E-state index contributed by atoms with van der Waals surface area (Å²) in [5.41, 5.74) is 6.36. The minimum absolute atomic E-state index is 0. The Hall–Kier alpha value is -1.78. The number of nitrogens with two attached hydrogens (primary N) is 1. The Kier molecular flexibility index (Phi) is 4.63. The largest absolute Gasteiger partial charge is 0.390 e. The van der Waals surface area contributed by atoms with Gasteiger partial charge in [0, 0.05) is 6.04 Å². The third kappa shape index (κ3) is 3.18. The van der Waals surface area contributed by atoms with Crippen LogP contribution >= 0.6 is 12.4 Å². The number of halogens is 4. The quantitative estimate of drug-likeness (QED) is 0.630. The van der Waals surface area contributed by atoms with Crippen LogP contribution in [0.1, 0.15) is 18.0 Å². The number of rotatable bonds is 2. The molecule has 0 saturated carbocycles. The molecule has 0 bridgehead atoms. The third-order valence-corrected chi connectivity index (χ3v) is 3.65. The van der Waals surface area contributed by atoms with E-state index in [0.29, 0.717) is 5.56 Å². The topological polar surface area (TPSA) is 26.0 Å². The normalized spacial score (nSPS) is 13.1. The van der Waals surface area contributed by atoms with Gasteiger partial charge < -0.3 is 5.73 Å². The second-order valence-electron chi connectivity index (χ2n) is 5.16. The molecule has 0 radical (unpaired) electrons. The number of alkyl halides is 3. The summed E-state index contributed by atoms with van der Waals surface area (Å²) in [6, 6.07) is 15.8. The highest BCUT2D eigenvalue weighted by Gasteiger charge is 2.31. The second kappa shape index (κ2) is 6.15. The summed E-state index contributed by atoms with van der Waals surface area (Å²) in [6.45, 7) is 0. The van der Waals surface area contributed by atoms with Crippen molar-refractivity contribution in [2.75, 3.05) is 0 Å². The number of hydrogen-bond donors (Lipinski definition) is 1. The predicted molar refractivity (Wildman–Crippen MR) is 86.3 cm³/mol. The van der Waals surface area contributed by atoms with Crippen LogP contribution in [0.2, 0.25) is 0 Å². The molecule has 0 amide bonds. The Balaban J connectivity index is 0.00000176. The van der Waals surface area contributed by atoms with Crippen molar-refractivity contribution in [3.05, 3.63) is 60.2 Å². The van der Waals surface area contributed by atoms with Crippen molar-refractivity contribution in [1.29, 1.82) is 0 Å². The number of fused-ring (bicyclic) bond motifs is 3. The van der Waals surface area contributed by atoms with E-state index >= 15 is 0 Å².